The molecule has 28 heavy (non-hydrogen) atoms. The molecule has 1 aliphatic carbocycles. The summed E-state index contributed by atoms with van der Waals surface area (Å²) in [5.41, 5.74) is -0.129. The van der Waals surface area contributed by atoms with Gasteiger partial charge in [0.25, 0.3) is 0 Å². The van der Waals surface area contributed by atoms with Gasteiger partial charge in [-0.3, -0.25) is 9.59 Å². The number of carbonyl (C=O) groups excluding carboxylic acids is 2. The number of hydrogen-bond acceptors (Lipinski definition) is 3. The van der Waals surface area contributed by atoms with Gasteiger partial charge < -0.3 is 14.9 Å². The van der Waals surface area contributed by atoms with Gasteiger partial charge in [-0.1, -0.05) is 49.6 Å². The summed E-state index contributed by atoms with van der Waals surface area (Å²) in [6.07, 6.45) is 5.49. The SMILES string of the molecule is CN(C(=O)C1CCCN(C(=O)Cc2ccccc2)C1)C1(C(=O)O)CCCCC1. The molecule has 1 unspecified atom stereocenters. The zero-order chi connectivity index (χ0) is 20.1. The van der Waals surface area contributed by atoms with E-state index >= 15 is 0 Å². The number of carbonyl (C=O) groups is 3. The minimum absolute atomic E-state index is 0.0250. The minimum atomic E-state index is -1.09. The third-order valence-electron chi connectivity index (χ3n) is 6.37. The van der Waals surface area contributed by atoms with Crippen molar-refractivity contribution in [1.82, 2.24) is 9.80 Å². The fourth-order valence-corrected chi connectivity index (χ4v) is 4.60. The molecule has 2 fully saturated rings. The number of carboxylic acid groups (broad SMARTS) is 1. The maximum absolute atomic E-state index is 13.2. The number of benzene rings is 1. The van der Waals surface area contributed by atoms with E-state index in [0.29, 0.717) is 38.8 Å². The first-order valence-corrected chi connectivity index (χ1v) is 10.3. The summed E-state index contributed by atoms with van der Waals surface area (Å²) < 4.78 is 0. The molecule has 152 valence electrons. The van der Waals surface area contributed by atoms with E-state index in [0.717, 1.165) is 31.2 Å². The van der Waals surface area contributed by atoms with Gasteiger partial charge in [-0.25, -0.2) is 4.79 Å². The van der Waals surface area contributed by atoms with E-state index < -0.39 is 11.5 Å². The van der Waals surface area contributed by atoms with Crippen LogP contribution >= 0.6 is 0 Å². The zero-order valence-electron chi connectivity index (χ0n) is 16.6. The van der Waals surface area contributed by atoms with Crippen LogP contribution in [0.1, 0.15) is 50.5 Å². The summed E-state index contributed by atoms with van der Waals surface area (Å²) in [4.78, 5) is 41.1. The van der Waals surface area contributed by atoms with Gasteiger partial charge >= 0.3 is 5.97 Å². The lowest BCUT2D eigenvalue weighted by Gasteiger charge is -2.43. The minimum Gasteiger partial charge on any atom is -0.479 e. The maximum atomic E-state index is 13.2. The molecule has 3 rings (SSSR count). The van der Waals surface area contributed by atoms with Crippen LogP contribution in [-0.4, -0.2) is 58.4 Å². The van der Waals surface area contributed by atoms with Crippen LogP contribution in [0.2, 0.25) is 0 Å². The van der Waals surface area contributed by atoms with E-state index in [-0.39, 0.29) is 17.7 Å². The molecule has 1 saturated carbocycles. The van der Waals surface area contributed by atoms with Crippen molar-refractivity contribution in [2.45, 2.75) is 56.9 Å². The Balaban J connectivity index is 1.66. The van der Waals surface area contributed by atoms with Crippen molar-refractivity contribution in [2.75, 3.05) is 20.1 Å². The standard InChI is InChI=1S/C22H30N2O4/c1-23(22(21(27)28)12-6-3-7-13-22)20(26)18-11-8-14-24(16-18)19(25)15-17-9-4-2-5-10-17/h2,4-5,9-10,18H,3,6-8,11-16H2,1H3,(H,27,28). The summed E-state index contributed by atoms with van der Waals surface area (Å²) in [5, 5.41) is 9.85. The molecule has 0 bridgehead atoms. The van der Waals surface area contributed by atoms with Crippen molar-refractivity contribution in [3.8, 4) is 0 Å². The van der Waals surface area contributed by atoms with Crippen molar-refractivity contribution in [3.63, 3.8) is 0 Å². The number of piperidine rings is 1. The van der Waals surface area contributed by atoms with Gasteiger partial charge in [-0.05, 0) is 31.2 Å². The summed E-state index contributed by atoms with van der Waals surface area (Å²) >= 11 is 0. The van der Waals surface area contributed by atoms with E-state index in [1.54, 1.807) is 11.9 Å². The summed E-state index contributed by atoms with van der Waals surface area (Å²) in [5.74, 6) is -1.34. The number of hydrogen-bond donors (Lipinski definition) is 1. The van der Waals surface area contributed by atoms with E-state index in [1.165, 1.54) is 4.90 Å². The number of carboxylic acids is 1. The van der Waals surface area contributed by atoms with Gasteiger partial charge in [0.2, 0.25) is 11.8 Å². The first kappa shape index (κ1) is 20.4. The molecule has 1 heterocycles. The van der Waals surface area contributed by atoms with Gasteiger partial charge in [0.1, 0.15) is 5.54 Å². The van der Waals surface area contributed by atoms with Crippen LogP contribution in [0.25, 0.3) is 0 Å². The molecule has 2 amide bonds. The van der Waals surface area contributed by atoms with Gasteiger partial charge in [-0.2, -0.15) is 0 Å². The average molecular weight is 386 g/mol. The van der Waals surface area contributed by atoms with Crippen molar-refractivity contribution in [1.29, 1.82) is 0 Å². The van der Waals surface area contributed by atoms with Crippen LogP contribution in [0.15, 0.2) is 30.3 Å². The molecule has 1 aromatic rings. The predicted molar refractivity (Wildman–Crippen MR) is 106 cm³/mol. The van der Waals surface area contributed by atoms with E-state index in [1.807, 2.05) is 30.3 Å². The Kier molecular flexibility index (Phi) is 6.37. The highest BCUT2D eigenvalue weighted by molar-refractivity contribution is 5.89. The molecule has 6 nitrogen and oxygen atoms in total. The van der Waals surface area contributed by atoms with Crippen LogP contribution in [0, 0.1) is 5.92 Å². The number of rotatable bonds is 5. The van der Waals surface area contributed by atoms with Crippen LogP contribution in [0.4, 0.5) is 0 Å². The van der Waals surface area contributed by atoms with E-state index in [4.69, 9.17) is 0 Å². The second kappa shape index (κ2) is 8.76. The quantitative estimate of drug-likeness (QED) is 0.844. The third-order valence-corrected chi connectivity index (χ3v) is 6.37. The first-order chi connectivity index (χ1) is 13.4. The Hall–Kier alpha value is -2.37. The monoisotopic (exact) mass is 386 g/mol. The second-order valence-corrected chi connectivity index (χ2v) is 8.14. The fourth-order valence-electron chi connectivity index (χ4n) is 4.60. The molecule has 0 aromatic heterocycles. The summed E-state index contributed by atoms with van der Waals surface area (Å²) in [6, 6.07) is 9.60. The van der Waals surface area contributed by atoms with Gasteiger partial charge in [0, 0.05) is 20.1 Å². The molecule has 1 atom stereocenters. The number of likely N-dealkylation sites (N-methyl/N-ethyl adjacent to an activating group) is 1. The molecule has 6 heteroatoms. The third kappa shape index (κ3) is 4.21. The Morgan fingerprint density at radius 2 is 1.79 bits per heavy atom. The Labute approximate surface area is 166 Å². The topological polar surface area (TPSA) is 77.9 Å². The Morgan fingerprint density at radius 1 is 1.11 bits per heavy atom. The van der Waals surface area contributed by atoms with Crippen LogP contribution in [0.5, 0.6) is 0 Å². The van der Waals surface area contributed by atoms with Crippen molar-refractivity contribution >= 4 is 17.8 Å². The van der Waals surface area contributed by atoms with E-state index in [9.17, 15) is 19.5 Å². The smallest absolute Gasteiger partial charge is 0.329 e. The summed E-state index contributed by atoms with van der Waals surface area (Å²) in [6.45, 7) is 1.04. The number of amides is 2. The first-order valence-electron chi connectivity index (χ1n) is 10.3. The molecule has 0 spiro atoms. The largest absolute Gasteiger partial charge is 0.479 e. The molecule has 2 aliphatic rings. The van der Waals surface area contributed by atoms with Crippen LogP contribution in [0.3, 0.4) is 0 Å². The van der Waals surface area contributed by atoms with E-state index in [2.05, 4.69) is 0 Å². The summed E-state index contributed by atoms with van der Waals surface area (Å²) in [7, 11) is 1.63. The lowest BCUT2D eigenvalue weighted by molar-refractivity contribution is -0.163. The van der Waals surface area contributed by atoms with Crippen molar-refractivity contribution in [3.05, 3.63) is 35.9 Å². The molecule has 1 N–H and O–H groups in total. The lowest BCUT2D eigenvalue weighted by Crippen LogP contribution is -2.59. The van der Waals surface area contributed by atoms with Crippen molar-refractivity contribution in [2.24, 2.45) is 5.92 Å². The number of likely N-dealkylation sites (tertiary alicyclic amines) is 1. The lowest BCUT2D eigenvalue weighted by atomic mass is 9.79. The average Bonchev–Trinajstić information content (AvgIpc) is 2.73. The number of nitrogens with zero attached hydrogens (tertiary/aromatic N) is 2. The van der Waals surface area contributed by atoms with Gasteiger partial charge in [0.05, 0.1) is 12.3 Å². The Bertz CT molecular complexity index is 713. The van der Waals surface area contributed by atoms with Crippen LogP contribution in [-0.2, 0) is 20.8 Å². The molecular weight excluding hydrogens is 356 g/mol. The van der Waals surface area contributed by atoms with Gasteiger partial charge in [0.15, 0.2) is 0 Å². The highest BCUT2D eigenvalue weighted by atomic mass is 16.4. The highest BCUT2D eigenvalue weighted by Crippen LogP contribution is 2.35. The maximum Gasteiger partial charge on any atom is 0.329 e. The second-order valence-electron chi connectivity index (χ2n) is 8.14. The molecule has 1 aliphatic heterocycles. The Morgan fingerprint density at radius 3 is 2.43 bits per heavy atom. The van der Waals surface area contributed by atoms with Crippen molar-refractivity contribution < 1.29 is 19.5 Å². The highest BCUT2D eigenvalue weighted by Gasteiger charge is 2.47. The molecule has 1 aromatic carbocycles. The predicted octanol–water partition coefficient (Wildman–Crippen LogP) is 2.71. The molecular formula is C22H30N2O4. The normalized spacial score (nSPS) is 21.8. The van der Waals surface area contributed by atoms with Crippen LogP contribution < -0.4 is 0 Å². The molecule has 0 radical (unpaired) electrons. The zero-order valence-corrected chi connectivity index (χ0v) is 16.6. The fraction of sp³-hybridized carbons (Fsp3) is 0.591. The van der Waals surface area contributed by atoms with Gasteiger partial charge in [-0.15, -0.1) is 0 Å². The molecule has 1 saturated heterocycles. The number of aliphatic carboxylic acids is 1.